The molecule has 2 rings (SSSR count). The van der Waals surface area contributed by atoms with Gasteiger partial charge in [0.1, 0.15) is 11.6 Å². The Balaban J connectivity index is 2.30. The van der Waals surface area contributed by atoms with Crippen LogP contribution in [0.1, 0.15) is 11.6 Å². The molecule has 0 radical (unpaired) electrons. The lowest BCUT2D eigenvalue weighted by Gasteiger charge is -2.21. The molecule has 21 heavy (non-hydrogen) atoms. The van der Waals surface area contributed by atoms with E-state index in [9.17, 15) is 4.39 Å². The van der Waals surface area contributed by atoms with Crippen LogP contribution >= 0.6 is 27.5 Å². The molecule has 112 valence electrons. The number of nitrogens with one attached hydrogen (secondary N) is 1. The minimum atomic E-state index is -0.362. The number of nitrogens with two attached hydrogens (primary N) is 1. The zero-order valence-corrected chi connectivity index (χ0v) is 13.7. The van der Waals surface area contributed by atoms with Gasteiger partial charge in [-0.05, 0) is 29.8 Å². The topological polar surface area (TPSA) is 47.3 Å². The quantitative estimate of drug-likeness (QED) is 0.818. The highest BCUT2D eigenvalue weighted by molar-refractivity contribution is 9.10. The molecule has 2 aromatic rings. The number of anilines is 1. The summed E-state index contributed by atoms with van der Waals surface area (Å²) < 4.78 is 19.8. The Bertz CT molecular complexity index is 639. The van der Waals surface area contributed by atoms with Gasteiger partial charge in [0.15, 0.2) is 0 Å². The zero-order valence-electron chi connectivity index (χ0n) is 11.4. The lowest BCUT2D eigenvalue weighted by molar-refractivity contribution is 0.414. The van der Waals surface area contributed by atoms with Crippen molar-refractivity contribution >= 4 is 33.2 Å². The predicted octanol–water partition coefficient (Wildman–Crippen LogP) is 4.36. The molecular formula is C15H15BrClFN2O. The van der Waals surface area contributed by atoms with Crippen LogP contribution in [-0.4, -0.2) is 13.7 Å². The molecule has 1 unspecified atom stereocenters. The van der Waals surface area contributed by atoms with E-state index in [-0.39, 0.29) is 11.9 Å². The average molecular weight is 374 g/mol. The highest BCUT2D eigenvalue weighted by atomic mass is 79.9. The van der Waals surface area contributed by atoms with Gasteiger partial charge in [-0.25, -0.2) is 4.39 Å². The fourth-order valence-corrected chi connectivity index (χ4v) is 2.94. The molecule has 1 atom stereocenters. The number of halogens is 3. The van der Waals surface area contributed by atoms with Gasteiger partial charge in [0, 0.05) is 22.1 Å². The highest BCUT2D eigenvalue weighted by Crippen LogP contribution is 2.30. The van der Waals surface area contributed by atoms with Gasteiger partial charge in [-0.1, -0.05) is 33.6 Å². The minimum absolute atomic E-state index is 0.252. The molecule has 3 N–H and O–H groups in total. The van der Waals surface area contributed by atoms with Crippen LogP contribution in [0, 0.1) is 5.82 Å². The molecule has 0 amide bonds. The normalized spacial score (nSPS) is 12.0. The Kier molecular flexibility index (Phi) is 5.45. The van der Waals surface area contributed by atoms with Crippen molar-refractivity contribution in [3.63, 3.8) is 0 Å². The van der Waals surface area contributed by atoms with Crippen LogP contribution in [-0.2, 0) is 0 Å². The van der Waals surface area contributed by atoms with E-state index in [2.05, 4.69) is 21.2 Å². The summed E-state index contributed by atoms with van der Waals surface area (Å²) in [5.41, 5.74) is 7.06. The second kappa shape index (κ2) is 7.11. The van der Waals surface area contributed by atoms with E-state index in [1.54, 1.807) is 24.3 Å². The first kappa shape index (κ1) is 16.1. The van der Waals surface area contributed by atoms with Crippen LogP contribution in [0.5, 0.6) is 5.75 Å². The lowest BCUT2D eigenvalue weighted by Crippen LogP contribution is -2.21. The number of methoxy groups -OCH3 is 1. The maximum Gasteiger partial charge on any atom is 0.146 e. The Labute approximate surface area is 136 Å². The van der Waals surface area contributed by atoms with Crippen molar-refractivity contribution in [1.82, 2.24) is 0 Å². The van der Waals surface area contributed by atoms with Crippen molar-refractivity contribution in [1.29, 1.82) is 0 Å². The SMILES string of the molecule is COc1ccc(F)c(NC(CN)c2ccc(Cl)cc2Br)c1. The molecule has 0 aliphatic rings. The largest absolute Gasteiger partial charge is 0.497 e. The Hall–Kier alpha value is -1.30. The second-order valence-electron chi connectivity index (χ2n) is 4.44. The molecule has 0 aliphatic heterocycles. The standard InChI is InChI=1S/C15H15BrClFN2O/c1-21-10-3-5-13(18)14(7-10)20-15(8-19)11-4-2-9(17)6-12(11)16/h2-7,15,20H,8,19H2,1H3. The average Bonchev–Trinajstić information content (AvgIpc) is 2.47. The van der Waals surface area contributed by atoms with E-state index < -0.39 is 0 Å². The third-order valence-corrected chi connectivity index (χ3v) is 4.00. The third-order valence-electron chi connectivity index (χ3n) is 3.08. The monoisotopic (exact) mass is 372 g/mol. The van der Waals surface area contributed by atoms with Crippen LogP contribution < -0.4 is 15.8 Å². The molecule has 0 fully saturated rings. The van der Waals surface area contributed by atoms with Gasteiger partial charge in [0.2, 0.25) is 0 Å². The van der Waals surface area contributed by atoms with Crippen LogP contribution in [0.3, 0.4) is 0 Å². The van der Waals surface area contributed by atoms with Crippen LogP contribution in [0.25, 0.3) is 0 Å². The van der Waals surface area contributed by atoms with E-state index in [4.69, 9.17) is 22.1 Å². The molecular weight excluding hydrogens is 359 g/mol. The second-order valence-corrected chi connectivity index (χ2v) is 5.74. The van der Waals surface area contributed by atoms with Gasteiger partial charge < -0.3 is 15.8 Å². The fraction of sp³-hybridized carbons (Fsp3) is 0.200. The van der Waals surface area contributed by atoms with E-state index >= 15 is 0 Å². The summed E-state index contributed by atoms with van der Waals surface area (Å²) in [5, 5.41) is 3.71. The highest BCUT2D eigenvalue weighted by Gasteiger charge is 2.15. The number of rotatable bonds is 5. The van der Waals surface area contributed by atoms with Gasteiger partial charge in [0.25, 0.3) is 0 Å². The Morgan fingerprint density at radius 3 is 2.71 bits per heavy atom. The first-order valence-corrected chi connectivity index (χ1v) is 7.47. The van der Waals surface area contributed by atoms with Crippen molar-refractivity contribution in [2.45, 2.75) is 6.04 Å². The van der Waals surface area contributed by atoms with E-state index in [1.165, 1.54) is 13.2 Å². The summed E-state index contributed by atoms with van der Waals surface area (Å²) in [6.07, 6.45) is 0. The summed E-state index contributed by atoms with van der Waals surface area (Å²) in [6, 6.07) is 9.67. The van der Waals surface area contributed by atoms with Crippen LogP contribution in [0.4, 0.5) is 10.1 Å². The molecule has 0 bridgehead atoms. The predicted molar refractivity (Wildman–Crippen MR) is 87.5 cm³/mol. The van der Waals surface area contributed by atoms with Crippen molar-refractivity contribution in [2.24, 2.45) is 5.73 Å². The van der Waals surface area contributed by atoms with Crippen LogP contribution in [0.15, 0.2) is 40.9 Å². The van der Waals surface area contributed by atoms with Gasteiger partial charge in [-0.3, -0.25) is 0 Å². The van der Waals surface area contributed by atoms with E-state index in [1.807, 2.05) is 6.07 Å². The number of hydrogen-bond acceptors (Lipinski definition) is 3. The third kappa shape index (κ3) is 3.87. The zero-order chi connectivity index (χ0) is 15.4. The van der Waals surface area contributed by atoms with Crippen molar-refractivity contribution in [3.8, 4) is 5.75 Å². The maximum atomic E-state index is 13.9. The molecule has 0 spiro atoms. The number of hydrogen-bond donors (Lipinski definition) is 2. The van der Waals surface area contributed by atoms with Crippen LogP contribution in [0.2, 0.25) is 5.02 Å². The number of benzene rings is 2. The smallest absolute Gasteiger partial charge is 0.146 e. The van der Waals surface area contributed by atoms with Crippen molar-refractivity contribution in [2.75, 3.05) is 19.0 Å². The molecule has 2 aromatic carbocycles. The molecule has 0 aromatic heterocycles. The number of ether oxygens (including phenoxy) is 1. The lowest BCUT2D eigenvalue weighted by atomic mass is 10.1. The summed E-state index contributed by atoms with van der Waals surface area (Å²) in [6.45, 7) is 0.302. The molecule has 0 saturated heterocycles. The van der Waals surface area contributed by atoms with Gasteiger partial charge >= 0.3 is 0 Å². The fourth-order valence-electron chi connectivity index (χ4n) is 1.98. The van der Waals surface area contributed by atoms with Crippen molar-refractivity contribution < 1.29 is 9.13 Å². The Morgan fingerprint density at radius 2 is 2.10 bits per heavy atom. The maximum absolute atomic E-state index is 13.9. The molecule has 0 saturated carbocycles. The summed E-state index contributed by atoms with van der Waals surface area (Å²) in [5.74, 6) is 0.212. The Morgan fingerprint density at radius 1 is 1.33 bits per heavy atom. The summed E-state index contributed by atoms with van der Waals surface area (Å²) in [7, 11) is 1.53. The van der Waals surface area contributed by atoms with E-state index in [0.717, 1.165) is 10.0 Å². The molecule has 3 nitrogen and oxygen atoms in total. The van der Waals surface area contributed by atoms with Gasteiger partial charge in [-0.2, -0.15) is 0 Å². The first-order valence-electron chi connectivity index (χ1n) is 6.30. The van der Waals surface area contributed by atoms with E-state index in [0.29, 0.717) is 23.0 Å². The summed E-state index contributed by atoms with van der Waals surface area (Å²) in [4.78, 5) is 0. The summed E-state index contributed by atoms with van der Waals surface area (Å²) >= 11 is 9.38. The molecule has 6 heteroatoms. The molecule has 0 aliphatic carbocycles. The van der Waals surface area contributed by atoms with Crippen molar-refractivity contribution in [3.05, 3.63) is 57.3 Å². The van der Waals surface area contributed by atoms with Gasteiger partial charge in [0.05, 0.1) is 18.8 Å². The van der Waals surface area contributed by atoms with Gasteiger partial charge in [-0.15, -0.1) is 0 Å². The minimum Gasteiger partial charge on any atom is -0.497 e. The molecule has 0 heterocycles. The first-order chi connectivity index (χ1) is 10.0.